The number of ether oxygens (including phenoxy) is 1. The number of benzene rings is 2. The van der Waals surface area contributed by atoms with Crippen molar-refractivity contribution in [3.8, 4) is 0 Å². The highest BCUT2D eigenvalue weighted by Crippen LogP contribution is 2.38. The number of fused-ring (bicyclic) bond motifs is 1. The van der Waals surface area contributed by atoms with E-state index in [-0.39, 0.29) is 17.7 Å². The molecule has 43 heavy (non-hydrogen) atoms. The maximum absolute atomic E-state index is 13.6. The van der Waals surface area contributed by atoms with Gasteiger partial charge in [-0.1, -0.05) is 12.1 Å². The second-order valence-electron chi connectivity index (χ2n) is 10.5. The van der Waals surface area contributed by atoms with Crippen LogP contribution < -0.4 is 0 Å². The van der Waals surface area contributed by atoms with E-state index >= 15 is 0 Å². The second kappa shape index (κ2) is 11.3. The normalized spacial score (nSPS) is 23.1. The van der Waals surface area contributed by atoms with Crippen LogP contribution in [0.25, 0.3) is 17.0 Å². The number of thioether (sulfide) groups is 1. The predicted octanol–water partition coefficient (Wildman–Crippen LogP) is 4.47. The predicted molar refractivity (Wildman–Crippen MR) is 147 cm³/mol. The molecule has 1 N–H and O–H groups in total. The van der Waals surface area contributed by atoms with Gasteiger partial charge in [0, 0.05) is 31.6 Å². The molecule has 0 bridgehead atoms. The van der Waals surface area contributed by atoms with Crippen molar-refractivity contribution >= 4 is 39.8 Å². The summed E-state index contributed by atoms with van der Waals surface area (Å²) in [4.78, 5) is 21.4. The van der Waals surface area contributed by atoms with Crippen LogP contribution in [0.4, 0.5) is 26.3 Å². The zero-order chi connectivity index (χ0) is 30.5. The fraction of sp³-hybridized carbons (Fsp3) is 0.393. The minimum atomic E-state index is -4.98. The largest absolute Gasteiger partial charge is 0.416 e. The molecule has 2 saturated heterocycles. The molecule has 2 fully saturated rings. The third-order valence-electron chi connectivity index (χ3n) is 7.68. The summed E-state index contributed by atoms with van der Waals surface area (Å²) >= 11 is 1.21. The first-order valence-electron chi connectivity index (χ1n) is 13.4. The molecular formula is C28H25F6N5O3S. The molecule has 2 aromatic carbocycles. The second-order valence-corrected chi connectivity index (χ2v) is 11.5. The summed E-state index contributed by atoms with van der Waals surface area (Å²) in [6.45, 7) is 3.17. The van der Waals surface area contributed by atoms with E-state index in [1.165, 1.54) is 22.6 Å². The fourth-order valence-corrected chi connectivity index (χ4v) is 6.45. The van der Waals surface area contributed by atoms with Crippen LogP contribution in [0, 0.1) is 0 Å². The van der Waals surface area contributed by atoms with Gasteiger partial charge in [0.15, 0.2) is 5.17 Å². The molecule has 4 heterocycles. The fourth-order valence-electron chi connectivity index (χ4n) is 5.52. The van der Waals surface area contributed by atoms with Gasteiger partial charge in [-0.25, -0.2) is 0 Å². The summed E-state index contributed by atoms with van der Waals surface area (Å²) in [6, 6.07) is 6.49. The lowest BCUT2D eigenvalue weighted by Crippen LogP contribution is -2.48. The van der Waals surface area contributed by atoms with Gasteiger partial charge in [0.05, 0.1) is 59.6 Å². The van der Waals surface area contributed by atoms with Crippen molar-refractivity contribution < 1.29 is 41.0 Å². The maximum Gasteiger partial charge on any atom is 0.416 e. The molecular weight excluding hydrogens is 600 g/mol. The Morgan fingerprint density at radius 1 is 1.02 bits per heavy atom. The van der Waals surface area contributed by atoms with Crippen LogP contribution in [0.1, 0.15) is 22.3 Å². The highest BCUT2D eigenvalue weighted by atomic mass is 32.2. The van der Waals surface area contributed by atoms with Crippen molar-refractivity contribution in [1.82, 2.24) is 19.6 Å². The number of likely N-dealkylation sites (tertiary alicyclic amines) is 1. The summed E-state index contributed by atoms with van der Waals surface area (Å²) < 4.78 is 86.7. The summed E-state index contributed by atoms with van der Waals surface area (Å²) in [6.07, 6.45) is -7.38. The van der Waals surface area contributed by atoms with E-state index in [9.17, 15) is 36.2 Å². The minimum Gasteiger partial charge on any atom is -0.390 e. The van der Waals surface area contributed by atoms with Gasteiger partial charge in [-0.05, 0) is 53.2 Å². The van der Waals surface area contributed by atoms with Crippen molar-refractivity contribution in [3.63, 3.8) is 0 Å². The summed E-state index contributed by atoms with van der Waals surface area (Å²) in [5.41, 5.74) is -2.00. The molecule has 2 atom stereocenters. The van der Waals surface area contributed by atoms with Crippen LogP contribution in [-0.2, 0) is 28.4 Å². The van der Waals surface area contributed by atoms with Crippen molar-refractivity contribution in [1.29, 1.82) is 0 Å². The molecule has 3 aliphatic rings. The molecule has 1 amide bonds. The molecule has 6 rings (SSSR count). The number of carbonyl (C=O) groups excluding carboxylic acids is 1. The Hall–Kier alpha value is -3.40. The SMILES string of the molecule is O=C1N=C(N2C[C@H](O)[C@@H](N3CCOCC3)C2)SC1=Cc1ccc2c(cnn2Cc2ccc(C(F)(F)F)cc2C(F)(F)F)c1. The monoisotopic (exact) mass is 625 g/mol. The Labute approximate surface area is 245 Å². The van der Waals surface area contributed by atoms with Gasteiger partial charge in [-0.15, -0.1) is 0 Å². The van der Waals surface area contributed by atoms with Gasteiger partial charge in [0.25, 0.3) is 5.91 Å². The molecule has 15 heteroatoms. The zero-order valence-electron chi connectivity index (χ0n) is 22.4. The molecule has 0 unspecified atom stereocenters. The van der Waals surface area contributed by atoms with E-state index in [2.05, 4.69) is 15.0 Å². The molecule has 8 nitrogen and oxygen atoms in total. The highest BCUT2D eigenvalue weighted by molar-refractivity contribution is 8.18. The Morgan fingerprint density at radius 2 is 1.79 bits per heavy atom. The lowest BCUT2D eigenvalue weighted by Gasteiger charge is -2.33. The number of amides is 1. The number of amidine groups is 1. The minimum absolute atomic E-state index is 0.0796. The van der Waals surface area contributed by atoms with Gasteiger partial charge in [-0.2, -0.15) is 36.4 Å². The summed E-state index contributed by atoms with van der Waals surface area (Å²) in [7, 11) is 0. The van der Waals surface area contributed by atoms with Gasteiger partial charge < -0.3 is 14.7 Å². The third-order valence-corrected chi connectivity index (χ3v) is 8.72. The zero-order valence-corrected chi connectivity index (χ0v) is 23.2. The number of morpholine rings is 1. The number of aliphatic imine (C=N–C) groups is 1. The number of aliphatic hydroxyl groups excluding tert-OH is 1. The Morgan fingerprint density at radius 3 is 2.51 bits per heavy atom. The van der Waals surface area contributed by atoms with Gasteiger partial charge in [-0.3, -0.25) is 14.4 Å². The van der Waals surface area contributed by atoms with Crippen LogP contribution in [0.15, 0.2) is 52.5 Å². The summed E-state index contributed by atoms with van der Waals surface area (Å²) in [5, 5.41) is 15.9. The number of rotatable bonds is 4. The smallest absolute Gasteiger partial charge is 0.390 e. The number of hydrogen-bond acceptors (Lipinski definition) is 7. The molecule has 1 aromatic heterocycles. The Kier molecular flexibility index (Phi) is 7.77. The van der Waals surface area contributed by atoms with Crippen molar-refractivity contribution in [2.45, 2.75) is 31.0 Å². The number of halogens is 6. The van der Waals surface area contributed by atoms with Gasteiger partial charge in [0.1, 0.15) is 0 Å². The topological polar surface area (TPSA) is 83.2 Å². The number of hydrogen-bond donors (Lipinski definition) is 1. The van der Waals surface area contributed by atoms with Crippen molar-refractivity contribution in [3.05, 3.63) is 69.8 Å². The first kappa shape index (κ1) is 29.7. The first-order chi connectivity index (χ1) is 20.4. The molecule has 0 aliphatic carbocycles. The van der Waals surface area contributed by atoms with Crippen LogP contribution >= 0.6 is 11.8 Å². The number of nitrogens with zero attached hydrogens (tertiary/aromatic N) is 5. The van der Waals surface area contributed by atoms with E-state index in [1.807, 2.05) is 4.90 Å². The number of carbonyl (C=O) groups is 1. The van der Waals surface area contributed by atoms with E-state index in [1.54, 1.807) is 24.3 Å². The molecule has 0 spiro atoms. The number of aromatic nitrogens is 2. The first-order valence-corrected chi connectivity index (χ1v) is 14.2. The number of alkyl halides is 6. The third kappa shape index (κ3) is 6.16. The molecule has 0 saturated carbocycles. The van der Waals surface area contributed by atoms with Crippen LogP contribution in [-0.4, -0.2) is 87.3 Å². The Bertz CT molecular complexity index is 1610. The maximum atomic E-state index is 13.6. The lowest BCUT2D eigenvalue weighted by molar-refractivity contribution is -0.143. The van der Waals surface area contributed by atoms with E-state index in [0.717, 1.165) is 19.2 Å². The van der Waals surface area contributed by atoms with Crippen LogP contribution in [0.5, 0.6) is 0 Å². The standard InChI is InChI=1S/C28H25F6N5O3S/c29-27(30,31)19-3-2-17(20(11-19)28(32,33)34)13-39-21-4-1-16(9-18(21)12-35-39)10-24-25(41)36-26(43-24)38-14-22(23(40)15-38)37-5-7-42-8-6-37/h1-4,9-12,22-23,40H,5-8,13-15H2/t22-,23-/m0/s1. The van der Waals surface area contributed by atoms with Crippen molar-refractivity contribution in [2.24, 2.45) is 4.99 Å². The molecule has 228 valence electrons. The van der Waals surface area contributed by atoms with E-state index in [4.69, 9.17) is 4.74 Å². The van der Waals surface area contributed by atoms with Crippen molar-refractivity contribution in [2.75, 3.05) is 39.4 Å². The van der Waals surface area contributed by atoms with Crippen LogP contribution in [0.3, 0.4) is 0 Å². The van der Waals surface area contributed by atoms with E-state index < -0.39 is 42.0 Å². The molecule has 3 aromatic rings. The lowest BCUT2D eigenvalue weighted by atomic mass is 10.0. The quantitative estimate of drug-likeness (QED) is 0.339. The van der Waals surface area contributed by atoms with Gasteiger partial charge in [0.2, 0.25) is 0 Å². The summed E-state index contributed by atoms with van der Waals surface area (Å²) in [5.74, 6) is -0.415. The van der Waals surface area contributed by atoms with Crippen LogP contribution in [0.2, 0.25) is 0 Å². The highest BCUT2D eigenvalue weighted by Gasteiger charge is 2.40. The Balaban J connectivity index is 1.18. The molecule has 3 aliphatic heterocycles. The average Bonchev–Trinajstić information content (AvgIpc) is 3.65. The number of aliphatic hydroxyl groups is 1. The number of β-amino-alcohol motifs (C(OH)–C–C–N with tert-alkyl or cyclic N) is 1. The van der Waals surface area contributed by atoms with Gasteiger partial charge >= 0.3 is 12.4 Å². The average molecular weight is 626 g/mol. The van der Waals surface area contributed by atoms with E-state index in [0.29, 0.717) is 58.9 Å². The molecule has 0 radical (unpaired) electrons.